The lowest BCUT2D eigenvalue weighted by Crippen LogP contribution is -2.45. The van der Waals surface area contributed by atoms with E-state index in [9.17, 15) is 8.42 Å². The number of hydrogen-bond donors (Lipinski definition) is 1. The average molecular weight is 366 g/mol. The molecule has 0 aromatic carbocycles. The molecule has 0 spiro atoms. The van der Waals surface area contributed by atoms with Crippen LogP contribution in [0.4, 0.5) is 0 Å². The molecular weight excluding hydrogens is 346 g/mol. The molecule has 1 N–H and O–H groups in total. The third kappa shape index (κ3) is 3.05. The van der Waals surface area contributed by atoms with Crippen molar-refractivity contribution < 1.29 is 8.42 Å². The molecule has 1 aromatic heterocycles. The fourth-order valence-electron chi connectivity index (χ4n) is 2.60. The van der Waals surface area contributed by atoms with Crippen LogP contribution >= 0.6 is 15.9 Å². The molecule has 1 fully saturated rings. The van der Waals surface area contributed by atoms with E-state index in [0.717, 1.165) is 32.2 Å². The van der Waals surface area contributed by atoms with E-state index in [1.54, 1.807) is 11.4 Å². The first-order valence-corrected chi connectivity index (χ1v) is 8.93. The predicted octanol–water partition coefficient (Wildman–Crippen LogP) is 0.730. The fourth-order valence-corrected chi connectivity index (χ4v) is 5.36. The summed E-state index contributed by atoms with van der Waals surface area (Å²) >= 11 is 3.18. The molecule has 0 amide bonds. The summed E-state index contributed by atoms with van der Waals surface area (Å²) in [5.74, 6) is 0. The van der Waals surface area contributed by atoms with Gasteiger partial charge in [0.1, 0.15) is 0 Å². The number of hydrogen-bond acceptors (Lipinski definition) is 5. The minimum absolute atomic E-state index is 0.0444. The zero-order valence-electron chi connectivity index (χ0n) is 11.7. The molecular formula is C11H20BrN5O2S. The number of piperidine rings is 1. The Morgan fingerprint density at radius 3 is 2.80 bits per heavy atom. The largest absolute Gasteiger partial charge is 0.320 e. The monoisotopic (exact) mass is 365 g/mol. The molecule has 2 rings (SSSR count). The van der Waals surface area contributed by atoms with Gasteiger partial charge in [0.2, 0.25) is 5.03 Å². The fraction of sp³-hybridized carbons (Fsp3) is 0.818. The van der Waals surface area contributed by atoms with Crippen molar-refractivity contribution in [3.63, 3.8) is 0 Å². The first-order chi connectivity index (χ1) is 9.48. The molecule has 7 nitrogen and oxygen atoms in total. The van der Waals surface area contributed by atoms with E-state index in [1.165, 1.54) is 4.68 Å². The van der Waals surface area contributed by atoms with Crippen LogP contribution in [0.5, 0.6) is 0 Å². The summed E-state index contributed by atoms with van der Waals surface area (Å²) in [6, 6.07) is 0.0444. The van der Waals surface area contributed by atoms with Crippen molar-refractivity contribution in [2.75, 3.05) is 20.1 Å². The van der Waals surface area contributed by atoms with Crippen molar-refractivity contribution >= 4 is 26.0 Å². The van der Waals surface area contributed by atoms with Gasteiger partial charge in [-0.25, -0.2) is 13.1 Å². The van der Waals surface area contributed by atoms with Crippen LogP contribution < -0.4 is 5.32 Å². The number of aromatic nitrogens is 3. The normalized spacial score (nSPS) is 21.2. The number of nitrogens with one attached hydrogen (secondary N) is 1. The minimum Gasteiger partial charge on any atom is -0.320 e. The second kappa shape index (κ2) is 6.50. The van der Waals surface area contributed by atoms with Gasteiger partial charge in [0.05, 0.1) is 0 Å². The summed E-state index contributed by atoms with van der Waals surface area (Å²) in [5, 5.41) is 10.8. The van der Waals surface area contributed by atoms with Crippen LogP contribution in [0.25, 0.3) is 0 Å². The first-order valence-electron chi connectivity index (χ1n) is 6.70. The molecule has 0 aliphatic carbocycles. The van der Waals surface area contributed by atoms with Crippen molar-refractivity contribution in [3.8, 4) is 0 Å². The maximum absolute atomic E-state index is 12.8. The summed E-state index contributed by atoms with van der Waals surface area (Å²) in [6.07, 6.45) is 3.70. The van der Waals surface area contributed by atoms with Crippen molar-refractivity contribution in [2.24, 2.45) is 7.05 Å². The Labute approximate surface area is 127 Å². The third-order valence-electron chi connectivity index (χ3n) is 3.59. The molecule has 9 heteroatoms. The zero-order valence-corrected chi connectivity index (χ0v) is 14.1. The molecule has 1 aliphatic rings. The average Bonchev–Trinajstić information content (AvgIpc) is 2.76. The highest BCUT2D eigenvalue weighted by Gasteiger charge is 2.36. The van der Waals surface area contributed by atoms with Crippen LogP contribution in [0.2, 0.25) is 0 Å². The lowest BCUT2D eigenvalue weighted by molar-refractivity contribution is 0.239. The Balaban J connectivity index is 2.31. The lowest BCUT2D eigenvalue weighted by atomic mass is 10.0. The quantitative estimate of drug-likeness (QED) is 0.831. The molecule has 1 saturated heterocycles. The molecule has 1 atom stereocenters. The first kappa shape index (κ1) is 15.9. The van der Waals surface area contributed by atoms with E-state index < -0.39 is 10.0 Å². The highest BCUT2D eigenvalue weighted by molar-refractivity contribution is 9.10. The summed E-state index contributed by atoms with van der Waals surface area (Å²) in [5.41, 5.74) is 0. The highest BCUT2D eigenvalue weighted by atomic mass is 79.9. The number of rotatable bonds is 5. The van der Waals surface area contributed by atoms with Crippen LogP contribution in [0.1, 0.15) is 25.7 Å². The molecule has 1 aromatic rings. The van der Waals surface area contributed by atoms with E-state index in [4.69, 9.17) is 0 Å². The van der Waals surface area contributed by atoms with Crippen LogP contribution in [-0.2, 0) is 17.1 Å². The van der Waals surface area contributed by atoms with Crippen LogP contribution in [0, 0.1) is 0 Å². The number of nitrogens with zero attached hydrogens (tertiary/aromatic N) is 4. The smallest absolute Gasteiger partial charge is 0.263 e. The molecule has 1 unspecified atom stereocenters. The van der Waals surface area contributed by atoms with Crippen LogP contribution in [-0.4, -0.2) is 53.9 Å². The lowest BCUT2D eigenvalue weighted by Gasteiger charge is -2.34. The van der Waals surface area contributed by atoms with Crippen LogP contribution in [0.15, 0.2) is 9.63 Å². The van der Waals surface area contributed by atoms with E-state index in [-0.39, 0.29) is 15.7 Å². The predicted molar refractivity (Wildman–Crippen MR) is 78.8 cm³/mol. The standard InChI is InChI=1S/C11H20BrN5O2S/c1-13-7-6-9-5-3-4-8-17(9)20(18,19)11-10(12)14-15-16(11)2/h9,13H,3-8H2,1-2H3. The van der Waals surface area contributed by atoms with E-state index in [1.807, 2.05) is 7.05 Å². The third-order valence-corrected chi connectivity index (χ3v) is 6.43. The second-order valence-electron chi connectivity index (χ2n) is 4.97. The van der Waals surface area contributed by atoms with Gasteiger partial charge in [-0.3, -0.25) is 0 Å². The molecule has 0 bridgehead atoms. The van der Waals surface area contributed by atoms with Gasteiger partial charge in [-0.2, -0.15) is 4.31 Å². The van der Waals surface area contributed by atoms with E-state index in [0.29, 0.717) is 6.54 Å². The van der Waals surface area contributed by atoms with Crippen LogP contribution in [0.3, 0.4) is 0 Å². The molecule has 0 radical (unpaired) electrons. The Hall–Kier alpha value is -0.510. The van der Waals surface area contributed by atoms with Gasteiger partial charge in [-0.15, -0.1) is 5.10 Å². The van der Waals surface area contributed by atoms with Gasteiger partial charge in [0, 0.05) is 19.6 Å². The Kier molecular flexibility index (Phi) is 5.16. The maximum Gasteiger partial charge on any atom is 0.263 e. The molecule has 2 heterocycles. The SMILES string of the molecule is CNCCC1CCCCN1S(=O)(=O)c1c(Br)nnn1C. The number of sulfonamides is 1. The van der Waals surface area contributed by atoms with Crippen molar-refractivity contribution in [1.29, 1.82) is 0 Å². The van der Waals surface area contributed by atoms with Crippen molar-refractivity contribution in [1.82, 2.24) is 24.6 Å². The topological polar surface area (TPSA) is 80.1 Å². The Morgan fingerprint density at radius 1 is 1.45 bits per heavy atom. The zero-order chi connectivity index (χ0) is 14.8. The maximum atomic E-state index is 12.8. The summed E-state index contributed by atoms with van der Waals surface area (Å²) in [4.78, 5) is 0. The van der Waals surface area contributed by atoms with E-state index >= 15 is 0 Å². The highest BCUT2D eigenvalue weighted by Crippen LogP contribution is 2.29. The summed E-state index contributed by atoms with van der Waals surface area (Å²) < 4.78 is 28.9. The molecule has 20 heavy (non-hydrogen) atoms. The van der Waals surface area contributed by atoms with Crippen molar-refractivity contribution in [2.45, 2.75) is 36.8 Å². The molecule has 1 aliphatic heterocycles. The Bertz CT molecular complexity index is 540. The number of halogens is 1. The van der Waals surface area contributed by atoms with Gasteiger partial charge in [-0.05, 0) is 48.8 Å². The van der Waals surface area contributed by atoms with Gasteiger partial charge in [-0.1, -0.05) is 11.6 Å². The van der Waals surface area contributed by atoms with Gasteiger partial charge < -0.3 is 5.32 Å². The summed E-state index contributed by atoms with van der Waals surface area (Å²) in [6.45, 7) is 1.37. The number of aryl methyl sites for hydroxylation is 1. The molecule has 114 valence electrons. The van der Waals surface area contributed by atoms with Gasteiger partial charge >= 0.3 is 0 Å². The Morgan fingerprint density at radius 2 is 2.20 bits per heavy atom. The minimum atomic E-state index is -3.56. The van der Waals surface area contributed by atoms with Crippen molar-refractivity contribution in [3.05, 3.63) is 4.60 Å². The van der Waals surface area contributed by atoms with Gasteiger partial charge in [0.15, 0.2) is 4.60 Å². The molecule has 0 saturated carbocycles. The second-order valence-corrected chi connectivity index (χ2v) is 7.52. The van der Waals surface area contributed by atoms with Gasteiger partial charge in [0.25, 0.3) is 10.0 Å². The van der Waals surface area contributed by atoms with E-state index in [2.05, 4.69) is 31.6 Å². The summed E-state index contributed by atoms with van der Waals surface area (Å²) in [7, 11) is -0.0903.